The SMILES string of the molecule is CC(CO)C1CCC2(C)CCC3(C)C(CCC4C5(C)CCC(O)C(C)(C)C5CCC43C)C12. The van der Waals surface area contributed by atoms with Crippen molar-refractivity contribution in [2.45, 2.75) is 119 Å². The van der Waals surface area contributed by atoms with Gasteiger partial charge in [-0.15, -0.1) is 0 Å². The molecule has 2 nitrogen and oxygen atoms in total. The molecule has 5 rings (SSSR count). The molecular formula is C30H52O2. The fourth-order valence-electron chi connectivity index (χ4n) is 11.8. The lowest BCUT2D eigenvalue weighted by atomic mass is 9.32. The molecule has 5 saturated carbocycles. The minimum Gasteiger partial charge on any atom is -0.396 e. The third-order valence-electron chi connectivity index (χ3n) is 13.9. The first kappa shape index (κ1) is 23.7. The Labute approximate surface area is 198 Å². The van der Waals surface area contributed by atoms with Crippen LogP contribution in [0, 0.1) is 62.6 Å². The van der Waals surface area contributed by atoms with E-state index in [1.807, 2.05) is 0 Å². The van der Waals surface area contributed by atoms with Crippen LogP contribution in [0.5, 0.6) is 0 Å². The first-order valence-corrected chi connectivity index (χ1v) is 14.1. The molecule has 5 aliphatic carbocycles. The van der Waals surface area contributed by atoms with Crippen LogP contribution in [0.25, 0.3) is 0 Å². The zero-order chi connectivity index (χ0) is 23.3. The van der Waals surface area contributed by atoms with E-state index in [1.54, 1.807) is 0 Å². The average Bonchev–Trinajstić information content (AvgIpc) is 3.09. The van der Waals surface area contributed by atoms with E-state index in [4.69, 9.17) is 0 Å². The first-order chi connectivity index (χ1) is 14.8. The second kappa shape index (κ2) is 7.22. The van der Waals surface area contributed by atoms with Crippen molar-refractivity contribution in [1.29, 1.82) is 0 Å². The summed E-state index contributed by atoms with van der Waals surface area (Å²) < 4.78 is 0. The predicted octanol–water partition coefficient (Wildman–Crippen LogP) is 7.08. The molecule has 0 aromatic heterocycles. The fraction of sp³-hybridized carbons (Fsp3) is 1.00. The fourth-order valence-corrected chi connectivity index (χ4v) is 11.8. The van der Waals surface area contributed by atoms with E-state index in [2.05, 4.69) is 48.5 Å². The van der Waals surface area contributed by atoms with Gasteiger partial charge in [0.05, 0.1) is 6.10 Å². The quantitative estimate of drug-likeness (QED) is 0.478. The van der Waals surface area contributed by atoms with Crippen molar-refractivity contribution in [2.24, 2.45) is 62.6 Å². The van der Waals surface area contributed by atoms with E-state index in [0.717, 1.165) is 24.2 Å². The largest absolute Gasteiger partial charge is 0.396 e. The molecule has 2 N–H and O–H groups in total. The van der Waals surface area contributed by atoms with Gasteiger partial charge >= 0.3 is 0 Å². The third kappa shape index (κ3) is 2.78. The third-order valence-corrected chi connectivity index (χ3v) is 13.9. The summed E-state index contributed by atoms with van der Waals surface area (Å²) in [7, 11) is 0. The highest BCUT2D eigenvalue weighted by Crippen LogP contribution is 2.77. The molecule has 0 radical (unpaired) electrons. The number of rotatable bonds is 2. The van der Waals surface area contributed by atoms with E-state index in [0.29, 0.717) is 46.0 Å². The lowest BCUT2D eigenvalue weighted by Crippen LogP contribution is -2.66. The van der Waals surface area contributed by atoms with Crippen LogP contribution in [0.2, 0.25) is 0 Å². The van der Waals surface area contributed by atoms with Gasteiger partial charge in [-0.2, -0.15) is 0 Å². The van der Waals surface area contributed by atoms with Crippen LogP contribution in [-0.4, -0.2) is 22.9 Å². The molecule has 11 atom stereocenters. The average molecular weight is 445 g/mol. The summed E-state index contributed by atoms with van der Waals surface area (Å²) in [6.45, 7) is 18.1. The van der Waals surface area contributed by atoms with Crippen molar-refractivity contribution >= 4 is 0 Å². The minimum absolute atomic E-state index is 0.0460. The number of aliphatic hydroxyl groups is 2. The second-order valence-electron chi connectivity index (χ2n) is 15.1. The van der Waals surface area contributed by atoms with Crippen molar-refractivity contribution in [3.8, 4) is 0 Å². The number of aliphatic hydroxyl groups excluding tert-OH is 2. The monoisotopic (exact) mass is 444 g/mol. The standard InChI is InChI=1S/C30H52O2/c1-19(18-31)20-10-13-27(4)16-17-29(6)21(25(20)27)8-9-23-28(5)14-12-24(32)26(2,3)22(28)11-15-30(23,29)7/h19-25,31-32H,8-18H2,1-7H3. The summed E-state index contributed by atoms with van der Waals surface area (Å²) in [5.74, 6) is 4.23. The van der Waals surface area contributed by atoms with E-state index in [9.17, 15) is 10.2 Å². The molecule has 0 amide bonds. The van der Waals surface area contributed by atoms with Gasteiger partial charge in [0.25, 0.3) is 0 Å². The summed E-state index contributed by atoms with van der Waals surface area (Å²) in [6.07, 6.45) is 13.0. The summed E-state index contributed by atoms with van der Waals surface area (Å²) >= 11 is 0. The molecule has 0 bridgehead atoms. The van der Waals surface area contributed by atoms with Crippen LogP contribution >= 0.6 is 0 Å². The predicted molar refractivity (Wildman–Crippen MR) is 132 cm³/mol. The highest BCUT2D eigenvalue weighted by molar-refractivity contribution is 5.19. The Hall–Kier alpha value is -0.0800. The van der Waals surface area contributed by atoms with Gasteiger partial charge in [-0.25, -0.2) is 0 Å². The molecule has 0 aromatic rings. The molecule has 5 fully saturated rings. The van der Waals surface area contributed by atoms with E-state index >= 15 is 0 Å². The van der Waals surface area contributed by atoms with E-state index in [1.165, 1.54) is 57.8 Å². The Kier molecular flexibility index (Phi) is 5.34. The number of hydrogen-bond donors (Lipinski definition) is 2. The van der Waals surface area contributed by atoms with Gasteiger partial charge in [-0.3, -0.25) is 0 Å². The molecule has 0 aromatic carbocycles. The van der Waals surface area contributed by atoms with Gasteiger partial charge in [0.1, 0.15) is 0 Å². The van der Waals surface area contributed by atoms with Crippen molar-refractivity contribution in [3.63, 3.8) is 0 Å². The zero-order valence-corrected chi connectivity index (χ0v) is 22.2. The Bertz CT molecular complexity index is 745. The molecule has 0 saturated heterocycles. The maximum Gasteiger partial charge on any atom is 0.0594 e. The molecule has 0 heterocycles. The van der Waals surface area contributed by atoms with Gasteiger partial charge in [0, 0.05) is 6.61 Å². The van der Waals surface area contributed by atoms with Gasteiger partial charge in [-0.1, -0.05) is 48.5 Å². The highest BCUT2D eigenvalue weighted by Gasteiger charge is 2.70. The molecule has 32 heavy (non-hydrogen) atoms. The summed E-state index contributed by atoms with van der Waals surface area (Å²) in [4.78, 5) is 0. The maximum atomic E-state index is 10.9. The van der Waals surface area contributed by atoms with Crippen LogP contribution in [0.15, 0.2) is 0 Å². The Balaban J connectivity index is 1.53. The van der Waals surface area contributed by atoms with Crippen LogP contribution in [0.4, 0.5) is 0 Å². The molecule has 184 valence electrons. The lowest BCUT2D eigenvalue weighted by molar-refractivity contribution is -0.248. The first-order valence-electron chi connectivity index (χ1n) is 14.1. The minimum atomic E-state index is -0.133. The second-order valence-corrected chi connectivity index (χ2v) is 15.1. The van der Waals surface area contributed by atoms with Crippen molar-refractivity contribution in [2.75, 3.05) is 6.61 Å². The Morgan fingerprint density at radius 1 is 0.750 bits per heavy atom. The maximum absolute atomic E-state index is 10.9. The molecule has 0 aliphatic heterocycles. The Morgan fingerprint density at radius 3 is 2.16 bits per heavy atom. The summed E-state index contributed by atoms with van der Waals surface area (Å²) in [5, 5.41) is 21.0. The topological polar surface area (TPSA) is 40.5 Å². The molecule has 5 aliphatic rings. The molecule has 11 unspecified atom stereocenters. The summed E-state index contributed by atoms with van der Waals surface area (Å²) in [5.41, 5.74) is 1.75. The van der Waals surface area contributed by atoms with Gasteiger partial charge in [0.15, 0.2) is 0 Å². The smallest absolute Gasteiger partial charge is 0.0594 e. The molecular weight excluding hydrogens is 392 g/mol. The van der Waals surface area contributed by atoms with E-state index in [-0.39, 0.29) is 11.5 Å². The van der Waals surface area contributed by atoms with Crippen molar-refractivity contribution in [3.05, 3.63) is 0 Å². The Morgan fingerprint density at radius 2 is 1.47 bits per heavy atom. The number of fused-ring (bicyclic) bond motifs is 7. The number of hydrogen-bond acceptors (Lipinski definition) is 2. The summed E-state index contributed by atoms with van der Waals surface area (Å²) in [6, 6.07) is 0. The van der Waals surface area contributed by atoms with Crippen LogP contribution in [0.1, 0.15) is 113 Å². The molecule has 0 spiro atoms. The van der Waals surface area contributed by atoms with Crippen LogP contribution in [0.3, 0.4) is 0 Å². The normalized spacial score (nSPS) is 57.7. The van der Waals surface area contributed by atoms with E-state index < -0.39 is 0 Å². The van der Waals surface area contributed by atoms with Gasteiger partial charge in [0.2, 0.25) is 0 Å². The molecule has 2 heteroatoms. The highest BCUT2D eigenvalue weighted by atomic mass is 16.3. The van der Waals surface area contributed by atoms with Gasteiger partial charge in [-0.05, 0) is 127 Å². The van der Waals surface area contributed by atoms with Gasteiger partial charge < -0.3 is 10.2 Å². The van der Waals surface area contributed by atoms with Crippen LogP contribution < -0.4 is 0 Å². The van der Waals surface area contributed by atoms with Crippen molar-refractivity contribution < 1.29 is 10.2 Å². The van der Waals surface area contributed by atoms with Crippen LogP contribution in [-0.2, 0) is 0 Å². The van der Waals surface area contributed by atoms with Crippen molar-refractivity contribution in [1.82, 2.24) is 0 Å². The zero-order valence-electron chi connectivity index (χ0n) is 22.2. The lowest BCUT2D eigenvalue weighted by Gasteiger charge is -2.73.